The first-order chi connectivity index (χ1) is 7.86. The van der Waals surface area contributed by atoms with Crippen molar-refractivity contribution >= 4 is 5.97 Å². The normalized spacial score (nSPS) is 33.2. The molecule has 2 aliphatic rings. The molecule has 1 saturated carbocycles. The Balaban J connectivity index is 1.91. The number of hydrogen-bond donors (Lipinski definition) is 0. The minimum Gasteiger partial charge on any atom is -0.462 e. The number of fused-ring (bicyclic) bond motifs is 1. The van der Waals surface area contributed by atoms with E-state index in [1.165, 1.54) is 12.8 Å². The molecule has 1 aliphatic heterocycles. The highest BCUT2D eigenvalue weighted by atomic mass is 16.6. The van der Waals surface area contributed by atoms with Crippen LogP contribution in [0.1, 0.15) is 37.3 Å². The average molecular weight is 217 g/mol. The quantitative estimate of drug-likeness (QED) is 0.677. The van der Waals surface area contributed by atoms with Gasteiger partial charge in [0.1, 0.15) is 12.0 Å². The van der Waals surface area contributed by atoms with Crippen molar-refractivity contribution in [2.45, 2.75) is 37.7 Å². The number of aromatic nitrogens is 1. The second-order valence-electron chi connectivity index (χ2n) is 4.66. The van der Waals surface area contributed by atoms with Crippen LogP contribution in [0.4, 0.5) is 0 Å². The third kappa shape index (κ3) is 1.51. The molecule has 0 aromatic carbocycles. The van der Waals surface area contributed by atoms with E-state index in [0.717, 1.165) is 18.5 Å². The zero-order chi connectivity index (χ0) is 11.0. The summed E-state index contributed by atoms with van der Waals surface area (Å²) in [6.45, 7) is 0. The lowest BCUT2D eigenvalue weighted by Gasteiger charge is -2.24. The van der Waals surface area contributed by atoms with Gasteiger partial charge in [-0.15, -0.1) is 0 Å². The van der Waals surface area contributed by atoms with E-state index in [9.17, 15) is 4.79 Å². The van der Waals surface area contributed by atoms with E-state index in [1.54, 1.807) is 6.20 Å². The van der Waals surface area contributed by atoms with Crippen LogP contribution in [0.5, 0.6) is 0 Å². The van der Waals surface area contributed by atoms with Crippen molar-refractivity contribution in [3.05, 3.63) is 30.1 Å². The molecule has 0 N–H and O–H groups in total. The summed E-state index contributed by atoms with van der Waals surface area (Å²) in [6, 6.07) is 5.75. The minimum atomic E-state index is -0.119. The fourth-order valence-corrected chi connectivity index (χ4v) is 2.95. The van der Waals surface area contributed by atoms with Gasteiger partial charge in [0, 0.05) is 12.1 Å². The summed E-state index contributed by atoms with van der Waals surface area (Å²) < 4.78 is 5.45. The van der Waals surface area contributed by atoms with E-state index in [4.69, 9.17) is 4.74 Å². The summed E-state index contributed by atoms with van der Waals surface area (Å²) in [5.74, 6) is 0.165. The highest BCUT2D eigenvalue weighted by Gasteiger charge is 2.46. The third-order valence-corrected chi connectivity index (χ3v) is 3.71. The van der Waals surface area contributed by atoms with Crippen molar-refractivity contribution in [3.63, 3.8) is 0 Å². The van der Waals surface area contributed by atoms with Crippen molar-refractivity contribution in [1.29, 1.82) is 0 Å². The molecule has 0 spiro atoms. The van der Waals surface area contributed by atoms with Gasteiger partial charge >= 0.3 is 5.97 Å². The van der Waals surface area contributed by atoms with Crippen LogP contribution < -0.4 is 0 Å². The largest absolute Gasteiger partial charge is 0.462 e. The third-order valence-electron chi connectivity index (χ3n) is 3.71. The maximum Gasteiger partial charge on any atom is 0.315 e. The summed E-state index contributed by atoms with van der Waals surface area (Å²) in [6.07, 6.45) is 6.41. The topological polar surface area (TPSA) is 39.2 Å². The Morgan fingerprint density at radius 3 is 2.94 bits per heavy atom. The lowest BCUT2D eigenvalue weighted by Crippen LogP contribution is -2.23. The number of nitrogens with zero attached hydrogens (tertiary/aromatic N) is 1. The highest BCUT2D eigenvalue weighted by molar-refractivity contribution is 5.80. The van der Waals surface area contributed by atoms with Gasteiger partial charge in [0.15, 0.2) is 0 Å². The molecule has 1 unspecified atom stereocenters. The molecule has 3 heteroatoms. The van der Waals surface area contributed by atoms with Gasteiger partial charge < -0.3 is 4.74 Å². The molecule has 0 amide bonds. The molecule has 1 aromatic heterocycles. The molecule has 2 fully saturated rings. The predicted octanol–water partition coefficient (Wildman–Crippen LogP) is 2.28. The second-order valence-corrected chi connectivity index (χ2v) is 4.66. The van der Waals surface area contributed by atoms with E-state index in [2.05, 4.69) is 4.98 Å². The lowest BCUT2D eigenvalue weighted by molar-refractivity contribution is -0.143. The first-order valence-corrected chi connectivity index (χ1v) is 5.97. The van der Waals surface area contributed by atoms with Gasteiger partial charge in [-0.2, -0.15) is 0 Å². The monoisotopic (exact) mass is 217 g/mol. The Morgan fingerprint density at radius 1 is 1.25 bits per heavy atom. The van der Waals surface area contributed by atoms with Crippen LogP contribution in [0.25, 0.3) is 0 Å². The molecule has 2 heterocycles. The molecule has 1 aliphatic carbocycles. The molecule has 3 atom stereocenters. The van der Waals surface area contributed by atoms with Crippen LogP contribution in [-0.2, 0) is 9.53 Å². The molecule has 0 bridgehead atoms. The van der Waals surface area contributed by atoms with E-state index in [-0.39, 0.29) is 18.0 Å². The number of carbonyl (C=O) groups is 1. The van der Waals surface area contributed by atoms with Gasteiger partial charge in [-0.05, 0) is 31.4 Å². The molecule has 1 aromatic rings. The van der Waals surface area contributed by atoms with Crippen LogP contribution in [0.2, 0.25) is 0 Å². The van der Waals surface area contributed by atoms with Crippen molar-refractivity contribution in [2.75, 3.05) is 0 Å². The number of esters is 1. The maximum absolute atomic E-state index is 11.9. The average Bonchev–Trinajstić information content (AvgIpc) is 2.66. The van der Waals surface area contributed by atoms with Crippen LogP contribution >= 0.6 is 0 Å². The minimum absolute atomic E-state index is 0.0735. The van der Waals surface area contributed by atoms with Crippen molar-refractivity contribution < 1.29 is 9.53 Å². The SMILES string of the molecule is O=C1OC2CCCC[C@H]2[C@H]1c1ccccn1. The van der Waals surface area contributed by atoms with Crippen LogP contribution in [0, 0.1) is 5.92 Å². The number of ether oxygens (including phenoxy) is 1. The van der Waals surface area contributed by atoms with Crippen molar-refractivity contribution in [3.8, 4) is 0 Å². The first-order valence-electron chi connectivity index (χ1n) is 5.97. The highest BCUT2D eigenvalue weighted by Crippen LogP contribution is 2.43. The molecule has 3 rings (SSSR count). The Bertz CT molecular complexity index is 390. The fourth-order valence-electron chi connectivity index (χ4n) is 2.95. The number of rotatable bonds is 1. The Hall–Kier alpha value is -1.38. The Kier molecular flexibility index (Phi) is 2.39. The molecular formula is C13H15NO2. The molecule has 1 saturated heterocycles. The van der Waals surface area contributed by atoms with E-state index in [1.807, 2.05) is 18.2 Å². The summed E-state index contributed by atoms with van der Waals surface area (Å²) in [7, 11) is 0. The standard InChI is InChI=1S/C13H15NO2/c15-13-12(10-6-3-4-8-14-10)9-5-1-2-7-11(9)16-13/h3-4,6,8-9,11-12H,1-2,5,7H2/t9-,11?,12+/m1/s1. The zero-order valence-electron chi connectivity index (χ0n) is 9.13. The summed E-state index contributed by atoms with van der Waals surface area (Å²) in [5, 5.41) is 0. The summed E-state index contributed by atoms with van der Waals surface area (Å²) in [4.78, 5) is 16.2. The maximum atomic E-state index is 11.9. The fraction of sp³-hybridized carbons (Fsp3) is 0.538. The van der Waals surface area contributed by atoms with Gasteiger partial charge in [-0.3, -0.25) is 9.78 Å². The number of hydrogen-bond acceptors (Lipinski definition) is 3. The van der Waals surface area contributed by atoms with Crippen molar-refractivity contribution in [2.24, 2.45) is 5.92 Å². The molecular weight excluding hydrogens is 202 g/mol. The predicted molar refractivity (Wildman–Crippen MR) is 58.8 cm³/mol. The van der Waals surface area contributed by atoms with Gasteiger partial charge in [0.25, 0.3) is 0 Å². The van der Waals surface area contributed by atoms with Crippen molar-refractivity contribution in [1.82, 2.24) is 4.98 Å². The number of pyridine rings is 1. The summed E-state index contributed by atoms with van der Waals surface area (Å²) in [5.41, 5.74) is 0.877. The zero-order valence-corrected chi connectivity index (χ0v) is 9.13. The van der Waals surface area contributed by atoms with Crippen LogP contribution in [-0.4, -0.2) is 17.1 Å². The van der Waals surface area contributed by atoms with E-state index >= 15 is 0 Å². The second kappa shape index (κ2) is 3.89. The van der Waals surface area contributed by atoms with Crippen LogP contribution in [0.15, 0.2) is 24.4 Å². The number of carbonyl (C=O) groups excluding carboxylic acids is 1. The van der Waals surface area contributed by atoms with Gasteiger partial charge in [-0.25, -0.2) is 0 Å². The lowest BCUT2D eigenvalue weighted by atomic mass is 9.79. The van der Waals surface area contributed by atoms with Crippen LogP contribution in [0.3, 0.4) is 0 Å². The van der Waals surface area contributed by atoms with E-state index < -0.39 is 0 Å². The first kappa shape index (κ1) is 9.82. The smallest absolute Gasteiger partial charge is 0.315 e. The summed E-state index contributed by atoms with van der Waals surface area (Å²) >= 11 is 0. The Labute approximate surface area is 94.8 Å². The van der Waals surface area contributed by atoms with Gasteiger partial charge in [0.05, 0.1) is 5.69 Å². The molecule has 0 radical (unpaired) electrons. The van der Waals surface area contributed by atoms with E-state index in [0.29, 0.717) is 5.92 Å². The molecule has 3 nitrogen and oxygen atoms in total. The molecule has 84 valence electrons. The van der Waals surface area contributed by atoms with Gasteiger partial charge in [-0.1, -0.05) is 12.5 Å². The Morgan fingerprint density at radius 2 is 2.12 bits per heavy atom. The molecule has 16 heavy (non-hydrogen) atoms. The van der Waals surface area contributed by atoms with Gasteiger partial charge in [0.2, 0.25) is 0 Å².